The molecule has 2 aromatic carbocycles. The number of carbonyl (C=O) groups excluding carboxylic acids is 3. The first kappa shape index (κ1) is 21.7. The van der Waals surface area contributed by atoms with Crippen LogP contribution in [0.15, 0.2) is 59.6 Å². The predicted octanol–water partition coefficient (Wildman–Crippen LogP) is 1.97. The second-order valence-electron chi connectivity index (χ2n) is 7.54. The molecule has 9 nitrogen and oxygen atoms in total. The minimum absolute atomic E-state index is 0.0202. The molecule has 166 valence electrons. The van der Waals surface area contributed by atoms with Gasteiger partial charge in [-0.05, 0) is 30.7 Å². The van der Waals surface area contributed by atoms with E-state index < -0.39 is 33.8 Å². The van der Waals surface area contributed by atoms with Crippen LogP contribution in [-0.4, -0.2) is 42.3 Å². The van der Waals surface area contributed by atoms with E-state index in [1.165, 1.54) is 12.1 Å². The topological polar surface area (TPSA) is 126 Å². The van der Waals surface area contributed by atoms with E-state index in [9.17, 15) is 22.8 Å². The van der Waals surface area contributed by atoms with Crippen molar-refractivity contribution < 1.29 is 27.6 Å². The number of para-hydroxylation sites is 1. The molecule has 0 saturated carbocycles. The number of hydroxylamine groups is 2. The molecule has 0 radical (unpaired) electrons. The van der Waals surface area contributed by atoms with E-state index in [0.29, 0.717) is 10.6 Å². The Morgan fingerprint density at radius 1 is 1.09 bits per heavy atom. The molecule has 10 heteroatoms. The van der Waals surface area contributed by atoms with Gasteiger partial charge in [-0.3, -0.25) is 9.59 Å². The molecule has 1 fully saturated rings. The zero-order valence-electron chi connectivity index (χ0n) is 17.2. The Labute approximate surface area is 184 Å². The molecule has 32 heavy (non-hydrogen) atoms. The van der Waals surface area contributed by atoms with Gasteiger partial charge in [0.25, 0.3) is 11.8 Å². The number of nitrogens with one attached hydrogen (secondary N) is 2. The number of rotatable bonds is 7. The van der Waals surface area contributed by atoms with Crippen molar-refractivity contribution >= 4 is 38.7 Å². The number of hydrogen-bond acceptors (Lipinski definition) is 6. The van der Waals surface area contributed by atoms with Crippen LogP contribution in [0.2, 0.25) is 0 Å². The molecule has 1 aromatic heterocycles. The fourth-order valence-corrected chi connectivity index (χ4v) is 4.66. The summed E-state index contributed by atoms with van der Waals surface area (Å²) in [5.41, 5.74) is 2.37. The Morgan fingerprint density at radius 3 is 2.44 bits per heavy atom. The molecule has 0 bridgehead atoms. The number of nitrogens with zero attached hydrogens (tertiary/aromatic N) is 1. The lowest BCUT2D eigenvalue weighted by molar-refractivity contribution is -0.198. The van der Waals surface area contributed by atoms with E-state index in [1.807, 2.05) is 31.2 Å². The van der Waals surface area contributed by atoms with E-state index >= 15 is 0 Å². The summed E-state index contributed by atoms with van der Waals surface area (Å²) in [5.74, 6) is -2.33. The van der Waals surface area contributed by atoms with Crippen LogP contribution in [0.1, 0.15) is 24.0 Å². The van der Waals surface area contributed by atoms with E-state index in [0.717, 1.165) is 16.5 Å². The van der Waals surface area contributed by atoms with Gasteiger partial charge < -0.3 is 9.82 Å². The molecule has 1 saturated heterocycles. The van der Waals surface area contributed by atoms with Gasteiger partial charge in [0.1, 0.15) is 6.04 Å². The van der Waals surface area contributed by atoms with Gasteiger partial charge in [-0.2, -0.15) is 4.72 Å². The molecule has 0 aliphatic carbocycles. The Balaban J connectivity index is 1.64. The van der Waals surface area contributed by atoms with E-state index in [4.69, 9.17) is 4.84 Å². The summed E-state index contributed by atoms with van der Waals surface area (Å²) in [4.78, 5) is 44.7. The van der Waals surface area contributed by atoms with Crippen molar-refractivity contribution in [1.82, 2.24) is 14.8 Å². The number of aromatic nitrogens is 1. The fraction of sp³-hybridized carbons (Fsp3) is 0.227. The second-order valence-corrected chi connectivity index (χ2v) is 9.26. The molecule has 3 aromatic rings. The Morgan fingerprint density at radius 2 is 1.75 bits per heavy atom. The highest BCUT2D eigenvalue weighted by Gasteiger charge is 2.36. The van der Waals surface area contributed by atoms with Gasteiger partial charge in [0.05, 0.1) is 4.90 Å². The van der Waals surface area contributed by atoms with E-state index in [1.54, 1.807) is 18.3 Å². The molecular weight excluding hydrogens is 434 g/mol. The Kier molecular flexibility index (Phi) is 5.81. The van der Waals surface area contributed by atoms with Crippen molar-refractivity contribution in [3.63, 3.8) is 0 Å². The van der Waals surface area contributed by atoms with Crippen LogP contribution < -0.4 is 4.72 Å². The van der Waals surface area contributed by atoms with E-state index in [-0.39, 0.29) is 24.2 Å². The van der Waals surface area contributed by atoms with Gasteiger partial charge in [0, 0.05) is 36.4 Å². The third kappa shape index (κ3) is 4.41. The summed E-state index contributed by atoms with van der Waals surface area (Å²) in [6.07, 6.45) is 1.50. The van der Waals surface area contributed by atoms with Crippen molar-refractivity contribution in [2.24, 2.45) is 0 Å². The Hall–Kier alpha value is -3.50. The van der Waals surface area contributed by atoms with Crippen LogP contribution in [0, 0.1) is 6.92 Å². The molecule has 1 unspecified atom stereocenters. The smallest absolute Gasteiger partial charge is 0.351 e. The van der Waals surface area contributed by atoms with Crippen LogP contribution in [-0.2, 0) is 35.7 Å². The number of hydrogen-bond donors (Lipinski definition) is 2. The summed E-state index contributed by atoms with van der Waals surface area (Å²) >= 11 is 0. The summed E-state index contributed by atoms with van der Waals surface area (Å²) in [5, 5.41) is 1.22. The second kappa shape index (κ2) is 8.56. The number of aryl methyl sites for hydroxylation is 1. The normalized spacial score (nSPS) is 15.3. The van der Waals surface area contributed by atoms with Crippen molar-refractivity contribution in [3.05, 3.63) is 65.9 Å². The van der Waals surface area contributed by atoms with Gasteiger partial charge in [-0.15, -0.1) is 5.06 Å². The molecule has 4 rings (SSSR count). The third-order valence-electron chi connectivity index (χ3n) is 5.20. The van der Waals surface area contributed by atoms with Gasteiger partial charge in [-0.1, -0.05) is 35.9 Å². The maximum atomic E-state index is 12.9. The highest BCUT2D eigenvalue weighted by Crippen LogP contribution is 2.21. The number of fused-ring (bicyclic) bond motifs is 1. The molecule has 2 heterocycles. The third-order valence-corrected chi connectivity index (χ3v) is 6.69. The minimum atomic E-state index is -4.09. The molecular formula is C22H21N3O6S. The zero-order chi connectivity index (χ0) is 22.9. The van der Waals surface area contributed by atoms with Crippen molar-refractivity contribution in [1.29, 1.82) is 0 Å². The quantitative estimate of drug-likeness (QED) is 0.525. The molecule has 0 spiro atoms. The maximum absolute atomic E-state index is 12.9. The SMILES string of the molecule is Cc1ccc(S(=O)(=O)NC(Cc2c[nH]c3ccccc23)C(=O)ON2C(=O)CCC2=O)cc1. The van der Waals surface area contributed by atoms with Gasteiger partial charge >= 0.3 is 5.97 Å². The number of aromatic amines is 1. The number of amides is 2. The highest BCUT2D eigenvalue weighted by molar-refractivity contribution is 7.89. The number of carbonyl (C=O) groups is 3. The number of sulfonamides is 1. The van der Waals surface area contributed by atoms with Crippen LogP contribution in [0.25, 0.3) is 10.9 Å². The first-order valence-corrected chi connectivity index (χ1v) is 11.4. The molecule has 2 amide bonds. The minimum Gasteiger partial charge on any atom is -0.361 e. The average molecular weight is 455 g/mol. The lowest BCUT2D eigenvalue weighted by Gasteiger charge is -2.20. The Bertz CT molecular complexity index is 1280. The molecule has 2 N–H and O–H groups in total. The lowest BCUT2D eigenvalue weighted by atomic mass is 10.1. The molecule has 1 aliphatic rings. The van der Waals surface area contributed by atoms with E-state index in [2.05, 4.69) is 9.71 Å². The predicted molar refractivity (Wildman–Crippen MR) is 114 cm³/mol. The van der Waals surface area contributed by atoms with Crippen molar-refractivity contribution in [3.8, 4) is 0 Å². The fourth-order valence-electron chi connectivity index (χ4n) is 3.48. The average Bonchev–Trinajstić information content (AvgIpc) is 3.31. The number of H-pyrrole nitrogens is 1. The van der Waals surface area contributed by atoms with Crippen LogP contribution >= 0.6 is 0 Å². The largest absolute Gasteiger partial charge is 0.361 e. The summed E-state index contributed by atoms with van der Waals surface area (Å²) in [6.45, 7) is 1.82. The highest BCUT2D eigenvalue weighted by atomic mass is 32.2. The van der Waals surface area contributed by atoms with Crippen LogP contribution in [0.4, 0.5) is 0 Å². The maximum Gasteiger partial charge on any atom is 0.351 e. The standard InChI is InChI=1S/C22H21N3O6S/c1-14-6-8-16(9-7-14)32(29,30)24-19(22(28)31-25-20(26)10-11-21(25)27)12-15-13-23-18-5-3-2-4-17(15)18/h2-9,13,19,23-24H,10-12H2,1H3. The monoisotopic (exact) mass is 455 g/mol. The van der Waals surface area contributed by atoms with Crippen molar-refractivity contribution in [2.75, 3.05) is 0 Å². The molecule has 1 aliphatic heterocycles. The summed E-state index contributed by atoms with van der Waals surface area (Å²) in [7, 11) is -4.09. The van der Waals surface area contributed by atoms with Crippen LogP contribution in [0.5, 0.6) is 0 Å². The lowest BCUT2D eigenvalue weighted by Crippen LogP contribution is -2.46. The molecule has 1 atom stereocenters. The van der Waals surface area contributed by atoms with Crippen molar-refractivity contribution in [2.45, 2.75) is 37.1 Å². The number of benzene rings is 2. The zero-order valence-corrected chi connectivity index (χ0v) is 18.0. The first-order chi connectivity index (χ1) is 15.2. The van der Waals surface area contributed by atoms with Gasteiger partial charge in [0.15, 0.2) is 0 Å². The number of imide groups is 1. The van der Waals surface area contributed by atoms with Gasteiger partial charge in [-0.25, -0.2) is 13.2 Å². The van der Waals surface area contributed by atoms with Crippen LogP contribution in [0.3, 0.4) is 0 Å². The summed E-state index contributed by atoms with van der Waals surface area (Å²) < 4.78 is 28.3. The van der Waals surface area contributed by atoms with Gasteiger partial charge in [0.2, 0.25) is 10.0 Å². The summed E-state index contributed by atoms with van der Waals surface area (Å²) in [6, 6.07) is 12.1. The first-order valence-electron chi connectivity index (χ1n) is 9.96.